The second-order valence-corrected chi connectivity index (χ2v) is 4.88. The minimum Gasteiger partial charge on any atom is -0.367 e. The first-order valence-corrected chi connectivity index (χ1v) is 5.91. The smallest absolute Gasteiger partial charge is 0.167 e. The van der Waals surface area contributed by atoms with E-state index < -0.39 is 5.60 Å². The molecule has 2 rings (SSSR count). The Morgan fingerprint density at radius 2 is 1.93 bits per heavy atom. The van der Waals surface area contributed by atoms with Gasteiger partial charge >= 0.3 is 0 Å². The maximum Gasteiger partial charge on any atom is 0.167 e. The van der Waals surface area contributed by atoms with Crippen molar-refractivity contribution in [1.29, 1.82) is 0 Å². The molecule has 1 unspecified atom stereocenters. The highest BCUT2D eigenvalue weighted by Crippen LogP contribution is 2.34. The largest absolute Gasteiger partial charge is 0.367 e. The van der Waals surface area contributed by atoms with Crippen LogP contribution in [0.2, 0.25) is 0 Å². The van der Waals surface area contributed by atoms with E-state index in [1.165, 1.54) is 19.3 Å². The van der Waals surface area contributed by atoms with Crippen LogP contribution in [-0.2, 0) is 9.53 Å². The zero-order chi connectivity index (χ0) is 10.0. The van der Waals surface area contributed by atoms with Crippen molar-refractivity contribution in [2.75, 3.05) is 6.61 Å². The van der Waals surface area contributed by atoms with Crippen molar-refractivity contribution in [3.05, 3.63) is 0 Å². The minimum atomic E-state index is -0.429. The summed E-state index contributed by atoms with van der Waals surface area (Å²) in [5, 5.41) is 0. The fourth-order valence-corrected chi connectivity index (χ4v) is 2.77. The molecule has 0 bridgehead atoms. The van der Waals surface area contributed by atoms with Gasteiger partial charge < -0.3 is 4.74 Å². The summed E-state index contributed by atoms with van der Waals surface area (Å²) in [4.78, 5) is 12.2. The number of hydrogen-bond donors (Lipinski definition) is 0. The molecule has 2 aliphatic rings. The van der Waals surface area contributed by atoms with E-state index in [9.17, 15) is 4.79 Å². The average Bonchev–Trinajstić information content (AvgIpc) is 2.67. The van der Waals surface area contributed by atoms with E-state index >= 15 is 0 Å². The van der Waals surface area contributed by atoms with Gasteiger partial charge in [0.25, 0.3) is 0 Å². The Kier molecular flexibility index (Phi) is 2.91. The molecule has 0 spiro atoms. The highest BCUT2D eigenvalue weighted by molar-refractivity contribution is 5.89. The van der Waals surface area contributed by atoms with Crippen molar-refractivity contribution in [3.8, 4) is 0 Å². The van der Waals surface area contributed by atoms with Crippen molar-refractivity contribution in [1.82, 2.24) is 0 Å². The molecule has 2 heteroatoms. The fraction of sp³-hybridized carbons (Fsp3) is 0.917. The molecule has 0 aromatic carbocycles. The first-order chi connectivity index (χ1) is 6.72. The zero-order valence-electron chi connectivity index (χ0n) is 9.05. The van der Waals surface area contributed by atoms with Crippen LogP contribution in [0.5, 0.6) is 0 Å². The van der Waals surface area contributed by atoms with Crippen LogP contribution in [0.3, 0.4) is 0 Å². The van der Waals surface area contributed by atoms with E-state index in [-0.39, 0.29) is 0 Å². The van der Waals surface area contributed by atoms with E-state index in [1.807, 2.05) is 6.92 Å². The van der Waals surface area contributed by atoms with Crippen LogP contribution in [0.25, 0.3) is 0 Å². The number of ketones is 1. The summed E-state index contributed by atoms with van der Waals surface area (Å²) in [7, 11) is 0. The quantitative estimate of drug-likeness (QED) is 0.678. The van der Waals surface area contributed by atoms with Gasteiger partial charge in [0.15, 0.2) is 5.78 Å². The van der Waals surface area contributed by atoms with Gasteiger partial charge in [-0.15, -0.1) is 0 Å². The summed E-state index contributed by atoms with van der Waals surface area (Å²) in [6, 6.07) is 0. The highest BCUT2D eigenvalue weighted by Gasteiger charge is 2.41. The molecule has 0 aromatic rings. The Morgan fingerprint density at radius 3 is 2.50 bits per heavy atom. The average molecular weight is 196 g/mol. The molecule has 2 nitrogen and oxygen atoms in total. The van der Waals surface area contributed by atoms with Crippen LogP contribution in [-0.4, -0.2) is 18.0 Å². The molecule has 0 amide bonds. The van der Waals surface area contributed by atoms with Gasteiger partial charge in [-0.2, -0.15) is 0 Å². The lowest BCUT2D eigenvalue weighted by atomic mass is 9.79. The van der Waals surface area contributed by atoms with E-state index in [0.29, 0.717) is 11.7 Å². The highest BCUT2D eigenvalue weighted by atomic mass is 16.5. The summed E-state index contributed by atoms with van der Waals surface area (Å²) < 4.78 is 5.61. The van der Waals surface area contributed by atoms with Gasteiger partial charge in [0.2, 0.25) is 0 Å². The van der Waals surface area contributed by atoms with Gasteiger partial charge in [-0.05, 0) is 32.6 Å². The molecule has 1 aliphatic heterocycles. The lowest BCUT2D eigenvalue weighted by Gasteiger charge is -2.29. The predicted molar refractivity (Wildman–Crippen MR) is 55.2 cm³/mol. The Hall–Kier alpha value is -0.370. The number of hydrogen-bond acceptors (Lipinski definition) is 2. The third-order valence-corrected chi connectivity index (χ3v) is 3.72. The SMILES string of the molecule is CC1(C(=O)C2CCCCC2)CCCO1. The Bertz CT molecular complexity index is 210. The Balaban J connectivity index is 1.98. The summed E-state index contributed by atoms with van der Waals surface area (Å²) in [5.74, 6) is 0.682. The molecule has 1 saturated carbocycles. The van der Waals surface area contributed by atoms with Crippen molar-refractivity contribution in [2.45, 2.75) is 57.5 Å². The molecular weight excluding hydrogens is 176 g/mol. The number of carbonyl (C=O) groups excluding carboxylic acids is 1. The third kappa shape index (κ3) is 1.85. The normalized spacial score (nSPS) is 34.6. The second-order valence-electron chi connectivity index (χ2n) is 4.88. The van der Waals surface area contributed by atoms with Crippen molar-refractivity contribution < 1.29 is 9.53 Å². The molecule has 0 radical (unpaired) electrons. The van der Waals surface area contributed by atoms with Gasteiger partial charge in [0.1, 0.15) is 5.60 Å². The van der Waals surface area contributed by atoms with Crippen LogP contribution < -0.4 is 0 Å². The van der Waals surface area contributed by atoms with Gasteiger partial charge in [0, 0.05) is 12.5 Å². The van der Waals surface area contributed by atoms with Crippen LogP contribution >= 0.6 is 0 Å². The van der Waals surface area contributed by atoms with Gasteiger partial charge in [-0.25, -0.2) is 0 Å². The number of ether oxygens (including phenoxy) is 1. The Morgan fingerprint density at radius 1 is 1.21 bits per heavy atom. The molecule has 0 aromatic heterocycles. The molecule has 80 valence electrons. The molecule has 14 heavy (non-hydrogen) atoms. The molecule has 2 fully saturated rings. The number of Topliss-reactive ketones (excluding diaryl/α,β-unsaturated/α-hetero) is 1. The molecule has 1 aliphatic carbocycles. The Labute approximate surface area is 86.0 Å². The van der Waals surface area contributed by atoms with Crippen molar-refractivity contribution in [3.63, 3.8) is 0 Å². The van der Waals surface area contributed by atoms with E-state index in [4.69, 9.17) is 4.74 Å². The van der Waals surface area contributed by atoms with E-state index in [0.717, 1.165) is 32.3 Å². The van der Waals surface area contributed by atoms with Crippen LogP contribution in [0.15, 0.2) is 0 Å². The maximum atomic E-state index is 12.2. The monoisotopic (exact) mass is 196 g/mol. The van der Waals surface area contributed by atoms with Crippen LogP contribution in [0.1, 0.15) is 51.9 Å². The number of rotatable bonds is 2. The van der Waals surface area contributed by atoms with E-state index in [2.05, 4.69) is 0 Å². The van der Waals surface area contributed by atoms with Crippen LogP contribution in [0, 0.1) is 5.92 Å². The lowest BCUT2D eigenvalue weighted by Crippen LogP contribution is -2.39. The first-order valence-electron chi connectivity index (χ1n) is 5.91. The van der Waals surface area contributed by atoms with E-state index in [1.54, 1.807) is 0 Å². The second kappa shape index (κ2) is 4.01. The molecule has 1 saturated heterocycles. The van der Waals surface area contributed by atoms with Gasteiger partial charge in [-0.1, -0.05) is 19.3 Å². The topological polar surface area (TPSA) is 26.3 Å². The fourth-order valence-electron chi connectivity index (χ4n) is 2.77. The van der Waals surface area contributed by atoms with Crippen molar-refractivity contribution >= 4 is 5.78 Å². The predicted octanol–water partition coefficient (Wildman–Crippen LogP) is 2.70. The summed E-state index contributed by atoms with van der Waals surface area (Å²) in [6.07, 6.45) is 7.94. The molecule has 1 heterocycles. The summed E-state index contributed by atoms with van der Waals surface area (Å²) in [5.41, 5.74) is -0.429. The lowest BCUT2D eigenvalue weighted by molar-refractivity contribution is -0.142. The molecule has 0 N–H and O–H groups in total. The summed E-state index contributed by atoms with van der Waals surface area (Å²) >= 11 is 0. The number of carbonyl (C=O) groups is 1. The molecule has 1 atom stereocenters. The van der Waals surface area contributed by atoms with Gasteiger partial charge in [-0.3, -0.25) is 4.79 Å². The summed E-state index contributed by atoms with van der Waals surface area (Å²) in [6.45, 7) is 2.76. The first kappa shape index (κ1) is 10.2. The van der Waals surface area contributed by atoms with Gasteiger partial charge in [0.05, 0.1) is 0 Å². The third-order valence-electron chi connectivity index (χ3n) is 3.72. The van der Waals surface area contributed by atoms with Crippen LogP contribution in [0.4, 0.5) is 0 Å². The molecular formula is C12H20O2. The zero-order valence-corrected chi connectivity index (χ0v) is 9.05. The van der Waals surface area contributed by atoms with Crippen molar-refractivity contribution in [2.24, 2.45) is 5.92 Å². The standard InChI is InChI=1S/C12H20O2/c1-12(8-5-9-14-12)11(13)10-6-3-2-4-7-10/h10H,2-9H2,1H3. The minimum absolute atomic E-state index is 0.298. The maximum absolute atomic E-state index is 12.2.